The number of methoxy groups -OCH3 is 2. The van der Waals surface area contributed by atoms with E-state index in [1.54, 1.807) is 61.7 Å². The van der Waals surface area contributed by atoms with E-state index < -0.39 is 11.8 Å². The van der Waals surface area contributed by atoms with Crippen LogP contribution in [0.5, 0.6) is 11.5 Å². The normalized spacial score (nSPS) is 11.8. The van der Waals surface area contributed by atoms with E-state index in [2.05, 4.69) is 16.0 Å². The number of carbonyl (C=O) groups excluding carboxylic acids is 3. The number of ether oxygens (including phenoxy) is 2. The first kappa shape index (κ1) is 31.9. The van der Waals surface area contributed by atoms with Gasteiger partial charge in [0.1, 0.15) is 17.2 Å². The molecule has 5 aromatic rings. The Hall–Kier alpha value is -5.54. The Kier molecular flexibility index (Phi) is 10.4. The van der Waals surface area contributed by atoms with Gasteiger partial charge in [0.15, 0.2) is 0 Å². The maximum atomic E-state index is 13.5. The molecule has 5 aromatic carbocycles. The predicted molar refractivity (Wildman–Crippen MR) is 184 cm³/mol. The third-order valence-electron chi connectivity index (χ3n) is 7.11. The molecule has 0 heterocycles. The van der Waals surface area contributed by atoms with Crippen LogP contribution in [-0.4, -0.2) is 37.2 Å². The fourth-order valence-corrected chi connectivity index (χ4v) is 5.56. The Morgan fingerprint density at radius 3 is 2.22 bits per heavy atom. The van der Waals surface area contributed by atoms with Crippen LogP contribution in [0.1, 0.15) is 22.8 Å². The van der Waals surface area contributed by atoms with Gasteiger partial charge in [0.2, 0.25) is 5.91 Å². The molecule has 46 heavy (non-hydrogen) atoms. The quantitative estimate of drug-likeness (QED) is 0.104. The first-order valence-electron chi connectivity index (χ1n) is 14.5. The number of fused-ring (bicyclic) bond motifs is 1. The number of rotatable bonds is 11. The van der Waals surface area contributed by atoms with E-state index in [0.717, 1.165) is 21.4 Å². The van der Waals surface area contributed by atoms with Crippen LogP contribution in [-0.2, 0) is 9.59 Å². The van der Waals surface area contributed by atoms with Crippen LogP contribution in [0.25, 0.3) is 16.8 Å². The smallest absolute Gasteiger partial charge is 0.272 e. The first-order valence-corrected chi connectivity index (χ1v) is 15.4. The largest absolute Gasteiger partial charge is 0.497 e. The van der Waals surface area contributed by atoms with Crippen molar-refractivity contribution in [2.45, 2.75) is 17.1 Å². The highest BCUT2D eigenvalue weighted by molar-refractivity contribution is 8.00. The second-order valence-corrected chi connectivity index (χ2v) is 11.7. The highest BCUT2D eigenvalue weighted by Crippen LogP contribution is 2.29. The van der Waals surface area contributed by atoms with Crippen LogP contribution in [0.2, 0.25) is 0 Å². The molecule has 232 valence electrons. The van der Waals surface area contributed by atoms with E-state index in [0.29, 0.717) is 28.3 Å². The Bertz CT molecular complexity index is 1890. The highest BCUT2D eigenvalue weighted by atomic mass is 32.2. The molecule has 0 radical (unpaired) electrons. The lowest BCUT2D eigenvalue weighted by molar-refractivity contribution is -0.115. The minimum Gasteiger partial charge on any atom is -0.497 e. The predicted octanol–water partition coefficient (Wildman–Crippen LogP) is 7.39. The molecule has 3 N–H and O–H groups in total. The molecule has 0 aliphatic rings. The summed E-state index contributed by atoms with van der Waals surface area (Å²) in [7, 11) is 3.06. The molecule has 0 aliphatic heterocycles. The van der Waals surface area contributed by atoms with Gasteiger partial charge in [0.25, 0.3) is 11.8 Å². The molecule has 1 atom stereocenters. The van der Waals surface area contributed by atoms with Crippen LogP contribution < -0.4 is 25.4 Å². The molecule has 0 saturated carbocycles. The summed E-state index contributed by atoms with van der Waals surface area (Å²) in [5.41, 5.74) is 2.24. The van der Waals surface area contributed by atoms with Gasteiger partial charge in [0.05, 0.1) is 19.5 Å². The van der Waals surface area contributed by atoms with Crippen molar-refractivity contribution < 1.29 is 23.9 Å². The third kappa shape index (κ3) is 7.94. The molecule has 0 spiro atoms. The van der Waals surface area contributed by atoms with Gasteiger partial charge in [-0.3, -0.25) is 14.4 Å². The van der Waals surface area contributed by atoms with Crippen LogP contribution in [0, 0.1) is 0 Å². The van der Waals surface area contributed by atoms with Crippen molar-refractivity contribution in [3.63, 3.8) is 0 Å². The zero-order valence-corrected chi connectivity index (χ0v) is 26.4. The topological polar surface area (TPSA) is 106 Å². The lowest BCUT2D eigenvalue weighted by Crippen LogP contribution is -2.30. The molecule has 0 bridgehead atoms. The van der Waals surface area contributed by atoms with E-state index in [4.69, 9.17) is 9.47 Å². The first-order chi connectivity index (χ1) is 22.3. The van der Waals surface area contributed by atoms with Crippen molar-refractivity contribution >= 4 is 57.7 Å². The van der Waals surface area contributed by atoms with Crippen LogP contribution >= 0.6 is 11.8 Å². The summed E-state index contributed by atoms with van der Waals surface area (Å²) in [5.74, 6) is -0.0197. The molecule has 8 nitrogen and oxygen atoms in total. The molecular weight excluding hydrogens is 598 g/mol. The fraction of sp³-hybridized carbons (Fsp3) is 0.108. The fourth-order valence-electron chi connectivity index (χ4n) is 4.69. The summed E-state index contributed by atoms with van der Waals surface area (Å²) < 4.78 is 10.8. The van der Waals surface area contributed by atoms with E-state index >= 15 is 0 Å². The minimum absolute atomic E-state index is 0.0117. The van der Waals surface area contributed by atoms with Gasteiger partial charge >= 0.3 is 0 Å². The van der Waals surface area contributed by atoms with Crippen LogP contribution in [0.3, 0.4) is 0 Å². The number of amides is 3. The Labute approximate surface area is 271 Å². The third-order valence-corrected chi connectivity index (χ3v) is 8.22. The zero-order chi connectivity index (χ0) is 32.5. The van der Waals surface area contributed by atoms with Crippen LogP contribution in [0.15, 0.2) is 126 Å². The maximum absolute atomic E-state index is 13.5. The summed E-state index contributed by atoms with van der Waals surface area (Å²) in [6.07, 6.45) is 1.54. The lowest BCUT2D eigenvalue weighted by atomic mass is 10.1. The van der Waals surface area contributed by atoms with E-state index in [1.165, 1.54) is 24.9 Å². The van der Waals surface area contributed by atoms with Crippen LogP contribution in [0.4, 0.5) is 11.4 Å². The number of hydrogen-bond donors (Lipinski definition) is 3. The number of carbonyl (C=O) groups is 3. The number of hydrogen-bond acceptors (Lipinski definition) is 6. The second-order valence-electron chi connectivity index (χ2n) is 10.2. The average molecular weight is 632 g/mol. The van der Waals surface area contributed by atoms with Gasteiger partial charge in [-0.2, -0.15) is 0 Å². The number of nitrogens with one attached hydrogen (secondary N) is 3. The molecule has 9 heteroatoms. The molecule has 0 aliphatic carbocycles. The van der Waals surface area contributed by atoms with Crippen molar-refractivity contribution in [2.75, 3.05) is 24.9 Å². The summed E-state index contributed by atoms with van der Waals surface area (Å²) in [6, 6.07) is 34.7. The maximum Gasteiger partial charge on any atom is 0.272 e. The van der Waals surface area contributed by atoms with Gasteiger partial charge < -0.3 is 25.4 Å². The van der Waals surface area contributed by atoms with E-state index in [9.17, 15) is 14.4 Å². The van der Waals surface area contributed by atoms with Gasteiger partial charge in [-0.1, -0.05) is 54.6 Å². The van der Waals surface area contributed by atoms with Crippen molar-refractivity contribution in [2.24, 2.45) is 0 Å². The Morgan fingerprint density at radius 2 is 1.48 bits per heavy atom. The van der Waals surface area contributed by atoms with Crippen molar-refractivity contribution in [1.82, 2.24) is 5.32 Å². The van der Waals surface area contributed by atoms with E-state index in [-0.39, 0.29) is 16.9 Å². The van der Waals surface area contributed by atoms with Crippen molar-refractivity contribution in [1.29, 1.82) is 0 Å². The summed E-state index contributed by atoms with van der Waals surface area (Å²) in [5, 5.41) is 10.3. The minimum atomic E-state index is -0.530. The second kappa shape index (κ2) is 15.0. The molecule has 3 amide bonds. The van der Waals surface area contributed by atoms with Gasteiger partial charge in [-0.15, -0.1) is 11.8 Å². The summed E-state index contributed by atoms with van der Waals surface area (Å²) in [4.78, 5) is 40.5. The molecule has 0 fully saturated rings. The average Bonchev–Trinajstić information content (AvgIpc) is 3.09. The SMILES string of the molecule is COc1ccc(OC)c(/C=C(\NC(=O)c2ccccc2)C(=O)Nc2ccc(SC(C)C(=O)Nc3cccc4ccccc34)cc2)c1. The zero-order valence-electron chi connectivity index (χ0n) is 25.6. The molecule has 0 aromatic heterocycles. The summed E-state index contributed by atoms with van der Waals surface area (Å²) >= 11 is 1.41. The van der Waals surface area contributed by atoms with Gasteiger partial charge in [-0.05, 0) is 79.0 Å². The summed E-state index contributed by atoms with van der Waals surface area (Å²) in [6.45, 7) is 1.85. The van der Waals surface area contributed by atoms with Crippen molar-refractivity contribution in [3.8, 4) is 11.5 Å². The Morgan fingerprint density at radius 1 is 0.761 bits per heavy atom. The monoisotopic (exact) mass is 631 g/mol. The van der Waals surface area contributed by atoms with Gasteiger partial charge in [0, 0.05) is 32.8 Å². The lowest BCUT2D eigenvalue weighted by Gasteiger charge is -2.15. The number of thioether (sulfide) groups is 1. The molecule has 0 saturated heterocycles. The standard InChI is InChI=1S/C37H33N3O5S/c1-24(35(41)39-32-15-9-13-25-10-7-8-14-31(25)32)46-30-19-16-28(17-20-30)38-37(43)33(40-36(42)26-11-5-4-6-12-26)23-27-22-29(44-2)18-21-34(27)45-3/h4-24H,1-3H3,(H,38,43)(H,39,41)(H,40,42)/b33-23-. The molecule has 5 rings (SSSR count). The van der Waals surface area contributed by atoms with Gasteiger partial charge in [-0.25, -0.2) is 0 Å². The highest BCUT2D eigenvalue weighted by Gasteiger charge is 2.18. The number of anilines is 2. The Balaban J connectivity index is 1.29. The molecular formula is C37H33N3O5S. The van der Waals surface area contributed by atoms with Crippen molar-refractivity contribution in [3.05, 3.63) is 132 Å². The number of benzene rings is 5. The van der Waals surface area contributed by atoms with E-state index in [1.807, 2.05) is 67.6 Å². The molecule has 1 unspecified atom stereocenters.